The topological polar surface area (TPSA) is 114 Å². The van der Waals surface area contributed by atoms with Crippen LogP contribution < -0.4 is 10.2 Å². The number of rotatable bonds is 56. The summed E-state index contributed by atoms with van der Waals surface area (Å²) in [7, 11) is 1.15. The molecule has 0 bridgehead atoms. The van der Waals surface area contributed by atoms with Gasteiger partial charge in [-0.25, -0.2) is 0 Å². The highest BCUT2D eigenvalue weighted by Crippen LogP contribution is 2.38. The van der Waals surface area contributed by atoms with Crippen molar-refractivity contribution in [2.75, 3.05) is 40.9 Å². The summed E-state index contributed by atoms with van der Waals surface area (Å²) < 4.78 is 30.3. The van der Waals surface area contributed by atoms with Crippen LogP contribution in [0.5, 0.6) is 0 Å². The van der Waals surface area contributed by atoms with Crippen molar-refractivity contribution in [3.63, 3.8) is 0 Å². The Hall–Kier alpha value is -3.07. The first-order valence-electron chi connectivity index (χ1n) is 31.5. The molecule has 3 atom stereocenters. The molecule has 0 heterocycles. The molecule has 444 valence electrons. The minimum absolute atomic E-state index is 0.0345. The first-order valence-corrected chi connectivity index (χ1v) is 33.0. The number of nitrogens with one attached hydrogen (secondary N) is 1. The summed E-state index contributed by atoms with van der Waals surface area (Å²) in [6, 6.07) is -0.913. The average Bonchev–Trinajstić information content (AvgIpc) is 3.39. The normalized spacial score (nSPS) is 14.3. The number of nitrogens with zero attached hydrogens (tertiary/aromatic N) is 1. The standard InChI is InChI=1S/C67H119N2O7P/c1-7-10-13-16-19-22-25-27-29-31-33-34-36-38-40-42-45-48-51-54-57-60-67(71)76-65(58-55-52-49-46-43-24-21-18-15-12-9-3)64(63-75-77(72,73)74-62-61-69(4,5)6)68-66(70)59-56-53-50-47-44-41-39-37-35-32-30-28-26-23-20-17-14-11-8-2/h19-20,22-23,27-30,33-35,37,41,44,55,58,64-65H,7-18,21,24-26,31-32,36,38-40,42-43,45-54,56-57,59-63H2,1-6H3,(H-,68,70,72,73)/b22-19-,23-20-,29-27-,30-28-,34-33-,37-35-,44-41-,58-55+. The molecule has 0 radical (unpaired) electrons. The van der Waals surface area contributed by atoms with Crippen LogP contribution in [0.15, 0.2) is 97.2 Å². The van der Waals surface area contributed by atoms with Crippen molar-refractivity contribution >= 4 is 19.7 Å². The van der Waals surface area contributed by atoms with Crippen molar-refractivity contribution in [1.82, 2.24) is 5.32 Å². The van der Waals surface area contributed by atoms with E-state index in [1.807, 2.05) is 33.3 Å². The maximum atomic E-state index is 13.5. The van der Waals surface area contributed by atoms with Crippen molar-refractivity contribution in [1.29, 1.82) is 0 Å². The molecule has 0 fully saturated rings. The summed E-state index contributed by atoms with van der Waals surface area (Å²) in [6.45, 7) is 6.75. The van der Waals surface area contributed by atoms with Crippen LogP contribution >= 0.6 is 7.82 Å². The monoisotopic (exact) mass is 1090 g/mol. The van der Waals surface area contributed by atoms with Crippen molar-refractivity contribution in [2.24, 2.45) is 0 Å². The number of hydrogen-bond donors (Lipinski definition) is 1. The molecule has 1 N–H and O–H groups in total. The summed E-state index contributed by atoms with van der Waals surface area (Å²) in [5, 5.41) is 3.01. The molecule has 3 unspecified atom stereocenters. The number of likely N-dealkylation sites (N-methyl/N-ethyl adjacent to an activating group) is 1. The van der Waals surface area contributed by atoms with Crippen molar-refractivity contribution in [3.05, 3.63) is 97.2 Å². The van der Waals surface area contributed by atoms with Crippen LogP contribution in [0.2, 0.25) is 0 Å². The SMILES string of the molecule is CCCCC/C=C\C/C=C\C/C=C\C/C=C\CCCCCC(=O)NC(COP(=O)([O-])OCC[N+](C)(C)C)C(/C=C/CCCCCCCCCCC)OC(=O)CCCCCCCCCC/C=C\C/C=C\C/C=C\CCCCC. The van der Waals surface area contributed by atoms with Crippen LogP contribution in [0.1, 0.15) is 265 Å². The Bertz CT molecular complexity index is 1640. The largest absolute Gasteiger partial charge is 0.756 e. The zero-order chi connectivity index (χ0) is 56.4. The number of hydrogen-bond acceptors (Lipinski definition) is 7. The predicted octanol–water partition coefficient (Wildman–Crippen LogP) is 18.9. The summed E-state index contributed by atoms with van der Waals surface area (Å²) in [4.78, 5) is 40.0. The van der Waals surface area contributed by atoms with Crippen LogP contribution in [0.25, 0.3) is 0 Å². The highest BCUT2D eigenvalue weighted by atomic mass is 31.2. The molecule has 9 nitrogen and oxygen atoms in total. The number of carbonyl (C=O) groups is 2. The van der Waals surface area contributed by atoms with Crippen molar-refractivity contribution in [3.8, 4) is 0 Å². The Morgan fingerprint density at radius 3 is 1.22 bits per heavy atom. The molecule has 0 aliphatic rings. The Morgan fingerprint density at radius 1 is 0.455 bits per heavy atom. The zero-order valence-electron chi connectivity index (χ0n) is 50.6. The molecule has 0 aromatic heterocycles. The van der Waals surface area contributed by atoms with Gasteiger partial charge in [0.1, 0.15) is 19.3 Å². The van der Waals surface area contributed by atoms with E-state index in [0.717, 1.165) is 96.3 Å². The number of carbonyl (C=O) groups excluding carboxylic acids is 2. The molecule has 77 heavy (non-hydrogen) atoms. The molecule has 0 aliphatic carbocycles. The van der Waals surface area contributed by atoms with Crippen LogP contribution in [-0.4, -0.2) is 69.4 Å². The minimum Gasteiger partial charge on any atom is -0.756 e. The number of phosphoric acid groups is 1. The van der Waals surface area contributed by atoms with Gasteiger partial charge in [-0.3, -0.25) is 14.2 Å². The molecule has 0 saturated heterocycles. The summed E-state index contributed by atoms with van der Waals surface area (Å²) in [5.41, 5.74) is 0. The molecular formula is C67H119N2O7P. The average molecular weight is 1100 g/mol. The fraction of sp³-hybridized carbons (Fsp3) is 0.731. The van der Waals surface area contributed by atoms with E-state index >= 15 is 0 Å². The van der Waals surface area contributed by atoms with Gasteiger partial charge in [-0.1, -0.05) is 234 Å². The van der Waals surface area contributed by atoms with E-state index in [2.05, 4.69) is 111 Å². The third-order valence-electron chi connectivity index (χ3n) is 13.5. The molecular weight excluding hydrogens is 976 g/mol. The third-order valence-corrected chi connectivity index (χ3v) is 14.5. The highest BCUT2D eigenvalue weighted by Gasteiger charge is 2.27. The number of amides is 1. The molecule has 0 saturated carbocycles. The smallest absolute Gasteiger partial charge is 0.306 e. The van der Waals surface area contributed by atoms with Gasteiger partial charge in [0.15, 0.2) is 0 Å². The van der Waals surface area contributed by atoms with Crippen LogP contribution in [-0.2, 0) is 27.9 Å². The van der Waals surface area contributed by atoms with Gasteiger partial charge in [0.2, 0.25) is 5.91 Å². The summed E-state index contributed by atoms with van der Waals surface area (Å²) >= 11 is 0. The number of esters is 1. The maximum Gasteiger partial charge on any atom is 0.306 e. The van der Waals surface area contributed by atoms with Crippen molar-refractivity contribution in [2.45, 2.75) is 277 Å². The summed E-state index contributed by atoms with van der Waals surface area (Å²) in [6.07, 6.45) is 75.1. The van der Waals surface area contributed by atoms with Crippen LogP contribution in [0.3, 0.4) is 0 Å². The second-order valence-electron chi connectivity index (χ2n) is 22.2. The predicted molar refractivity (Wildman–Crippen MR) is 330 cm³/mol. The van der Waals surface area contributed by atoms with Gasteiger partial charge in [0.05, 0.1) is 33.8 Å². The highest BCUT2D eigenvalue weighted by molar-refractivity contribution is 7.45. The molecule has 0 rings (SSSR count). The van der Waals surface area contributed by atoms with Gasteiger partial charge in [0, 0.05) is 12.8 Å². The third kappa shape index (κ3) is 57.4. The van der Waals surface area contributed by atoms with Crippen LogP contribution in [0, 0.1) is 0 Å². The number of ether oxygens (including phenoxy) is 1. The Morgan fingerprint density at radius 2 is 0.792 bits per heavy atom. The fourth-order valence-corrected chi connectivity index (χ4v) is 9.29. The minimum atomic E-state index is -4.71. The molecule has 1 amide bonds. The fourth-order valence-electron chi connectivity index (χ4n) is 8.57. The lowest BCUT2D eigenvalue weighted by Gasteiger charge is -2.30. The van der Waals surface area contributed by atoms with Gasteiger partial charge < -0.3 is 28.5 Å². The first-order chi connectivity index (χ1) is 37.4. The Kier molecular flexibility index (Phi) is 54.0. The zero-order valence-corrected chi connectivity index (χ0v) is 51.5. The first kappa shape index (κ1) is 73.9. The van der Waals surface area contributed by atoms with E-state index < -0.39 is 26.6 Å². The van der Waals surface area contributed by atoms with E-state index in [0.29, 0.717) is 23.9 Å². The molecule has 0 spiro atoms. The van der Waals surface area contributed by atoms with E-state index in [1.54, 1.807) is 0 Å². The van der Waals surface area contributed by atoms with Gasteiger partial charge in [-0.15, -0.1) is 0 Å². The lowest BCUT2D eigenvalue weighted by Crippen LogP contribution is -2.47. The Labute approximate surface area is 475 Å². The lowest BCUT2D eigenvalue weighted by molar-refractivity contribution is -0.870. The Balaban J connectivity index is 5.28. The number of phosphoric ester groups is 1. The van der Waals surface area contributed by atoms with Gasteiger partial charge in [-0.05, 0) is 115 Å². The van der Waals surface area contributed by atoms with Gasteiger partial charge in [0.25, 0.3) is 7.82 Å². The van der Waals surface area contributed by atoms with E-state index in [9.17, 15) is 19.0 Å². The molecule has 0 aromatic rings. The number of quaternary nitrogens is 1. The second kappa shape index (κ2) is 56.2. The maximum absolute atomic E-state index is 13.5. The molecule has 0 aliphatic heterocycles. The van der Waals surface area contributed by atoms with Gasteiger partial charge >= 0.3 is 5.97 Å². The second-order valence-corrected chi connectivity index (χ2v) is 23.6. The number of unbranched alkanes of at least 4 members (excludes halogenated alkanes) is 26. The van der Waals surface area contributed by atoms with E-state index in [-0.39, 0.29) is 31.3 Å². The summed E-state index contributed by atoms with van der Waals surface area (Å²) in [5.74, 6) is -0.589. The molecule has 0 aromatic carbocycles. The quantitative estimate of drug-likeness (QED) is 0.0212. The molecule has 10 heteroatoms. The number of allylic oxidation sites excluding steroid dienone is 15. The van der Waals surface area contributed by atoms with Crippen LogP contribution in [0.4, 0.5) is 0 Å². The van der Waals surface area contributed by atoms with Gasteiger partial charge in [-0.2, -0.15) is 0 Å². The van der Waals surface area contributed by atoms with E-state index in [1.165, 1.54) is 122 Å². The van der Waals surface area contributed by atoms with Crippen molar-refractivity contribution < 1.29 is 37.3 Å². The van der Waals surface area contributed by atoms with E-state index in [4.69, 9.17) is 13.8 Å². The lowest BCUT2D eigenvalue weighted by atomic mass is 10.1.